The van der Waals surface area contributed by atoms with Crippen LogP contribution >= 0.6 is 0 Å². The average Bonchev–Trinajstić information content (AvgIpc) is 2.64. The average molecular weight is 324 g/mol. The van der Waals surface area contributed by atoms with E-state index < -0.39 is 12.2 Å². The fraction of sp³-hybridized carbons (Fsp3) is 0.263. The second kappa shape index (κ2) is 9.33. The molecule has 0 spiro atoms. The highest BCUT2D eigenvalue weighted by atomic mass is 16.6. The third kappa shape index (κ3) is 5.75. The van der Waals surface area contributed by atoms with Gasteiger partial charge in [-0.3, -0.25) is 0 Å². The Balaban J connectivity index is 1.93. The van der Waals surface area contributed by atoms with Crippen LogP contribution in [0.4, 0.5) is 4.79 Å². The predicted octanol–water partition coefficient (Wildman–Crippen LogP) is 2.75. The molecule has 0 saturated carbocycles. The van der Waals surface area contributed by atoms with Crippen LogP contribution in [0.3, 0.4) is 0 Å². The van der Waals surface area contributed by atoms with E-state index >= 15 is 0 Å². The Hall–Kier alpha value is -2.84. The second-order valence-electron chi connectivity index (χ2n) is 5.37. The number of aliphatic hydroxyl groups excluding tert-OH is 1. The van der Waals surface area contributed by atoms with Gasteiger partial charge in [0.25, 0.3) is 0 Å². The fourth-order valence-electron chi connectivity index (χ4n) is 2.23. The van der Waals surface area contributed by atoms with Crippen LogP contribution in [-0.4, -0.2) is 35.3 Å². The molecule has 0 fully saturated rings. The molecule has 1 N–H and O–H groups in total. The summed E-state index contributed by atoms with van der Waals surface area (Å²) in [7, 11) is 0. The minimum Gasteiger partial charge on any atom is -0.445 e. The summed E-state index contributed by atoms with van der Waals surface area (Å²) in [5, 5.41) is 18.3. The maximum absolute atomic E-state index is 12.3. The molecule has 0 aliphatic rings. The monoisotopic (exact) mass is 324 g/mol. The first-order chi connectivity index (χ1) is 11.7. The molecule has 0 unspecified atom stereocenters. The lowest BCUT2D eigenvalue weighted by Gasteiger charge is -2.22. The Bertz CT molecular complexity index is 668. The molecule has 2 aromatic carbocycles. The number of rotatable bonds is 7. The van der Waals surface area contributed by atoms with Crippen LogP contribution in [0.25, 0.3) is 0 Å². The van der Waals surface area contributed by atoms with Crippen LogP contribution in [-0.2, 0) is 17.8 Å². The summed E-state index contributed by atoms with van der Waals surface area (Å²) in [6.45, 7) is 0.456. The number of aliphatic hydroxyl groups is 1. The van der Waals surface area contributed by atoms with E-state index in [4.69, 9.17) is 10.00 Å². The highest BCUT2D eigenvalue weighted by molar-refractivity contribution is 5.67. The number of ether oxygens (including phenoxy) is 1. The van der Waals surface area contributed by atoms with E-state index in [2.05, 4.69) is 0 Å². The molecule has 5 nitrogen and oxygen atoms in total. The van der Waals surface area contributed by atoms with Gasteiger partial charge in [0.15, 0.2) is 6.10 Å². The van der Waals surface area contributed by atoms with Gasteiger partial charge in [-0.15, -0.1) is 0 Å². The van der Waals surface area contributed by atoms with Crippen molar-refractivity contribution in [3.63, 3.8) is 0 Å². The first kappa shape index (κ1) is 17.5. The van der Waals surface area contributed by atoms with E-state index in [9.17, 15) is 9.90 Å². The molecule has 0 aliphatic carbocycles. The van der Waals surface area contributed by atoms with Gasteiger partial charge < -0.3 is 14.7 Å². The van der Waals surface area contributed by atoms with Gasteiger partial charge >= 0.3 is 6.09 Å². The first-order valence-electron chi connectivity index (χ1n) is 7.76. The summed E-state index contributed by atoms with van der Waals surface area (Å²) in [6.07, 6.45) is -1.14. The molecule has 1 amide bonds. The molecule has 24 heavy (non-hydrogen) atoms. The number of hydrogen-bond donors (Lipinski definition) is 1. The third-order valence-electron chi connectivity index (χ3n) is 3.52. The number of carbonyl (C=O) groups is 1. The Kier molecular flexibility index (Phi) is 6.81. The van der Waals surface area contributed by atoms with Crippen LogP contribution < -0.4 is 0 Å². The number of nitriles is 1. The van der Waals surface area contributed by atoms with Crippen molar-refractivity contribution in [2.75, 3.05) is 13.1 Å². The SMILES string of the molecule is N#C[C@@H](O)CN(CCc1ccccc1)C(=O)OCc1ccccc1. The molecule has 0 bridgehead atoms. The van der Waals surface area contributed by atoms with Crippen molar-refractivity contribution < 1.29 is 14.6 Å². The van der Waals surface area contributed by atoms with E-state index in [0.717, 1.165) is 11.1 Å². The molecule has 5 heteroatoms. The molecule has 0 saturated heterocycles. The molecule has 2 aromatic rings. The van der Waals surface area contributed by atoms with Crippen LogP contribution in [0.1, 0.15) is 11.1 Å². The van der Waals surface area contributed by atoms with Gasteiger partial charge in [0, 0.05) is 6.54 Å². The minimum atomic E-state index is -1.23. The number of nitrogens with zero attached hydrogens (tertiary/aromatic N) is 2. The van der Waals surface area contributed by atoms with Crippen LogP contribution in [0.2, 0.25) is 0 Å². The zero-order valence-corrected chi connectivity index (χ0v) is 13.3. The lowest BCUT2D eigenvalue weighted by Crippen LogP contribution is -2.38. The third-order valence-corrected chi connectivity index (χ3v) is 3.52. The van der Waals surface area contributed by atoms with Gasteiger partial charge in [-0.1, -0.05) is 60.7 Å². The highest BCUT2D eigenvalue weighted by Crippen LogP contribution is 2.07. The Morgan fingerprint density at radius 3 is 2.25 bits per heavy atom. The van der Waals surface area contributed by atoms with E-state index in [-0.39, 0.29) is 13.2 Å². The smallest absolute Gasteiger partial charge is 0.410 e. The quantitative estimate of drug-likeness (QED) is 0.795. The van der Waals surface area contributed by atoms with Gasteiger partial charge in [0.05, 0.1) is 12.6 Å². The fourth-order valence-corrected chi connectivity index (χ4v) is 2.23. The summed E-state index contributed by atoms with van der Waals surface area (Å²) in [4.78, 5) is 13.6. The molecule has 0 aromatic heterocycles. The number of amides is 1. The lowest BCUT2D eigenvalue weighted by atomic mass is 10.1. The summed E-state index contributed by atoms with van der Waals surface area (Å²) < 4.78 is 5.29. The maximum Gasteiger partial charge on any atom is 0.410 e. The molecular weight excluding hydrogens is 304 g/mol. The zero-order valence-electron chi connectivity index (χ0n) is 13.3. The zero-order chi connectivity index (χ0) is 17.2. The number of benzene rings is 2. The van der Waals surface area contributed by atoms with Crippen molar-refractivity contribution in [2.45, 2.75) is 19.1 Å². The predicted molar refractivity (Wildman–Crippen MR) is 90.0 cm³/mol. The molecule has 1 atom stereocenters. The van der Waals surface area contributed by atoms with E-state index in [1.165, 1.54) is 4.90 Å². The van der Waals surface area contributed by atoms with Crippen molar-refractivity contribution in [2.24, 2.45) is 0 Å². The maximum atomic E-state index is 12.3. The second-order valence-corrected chi connectivity index (χ2v) is 5.37. The van der Waals surface area contributed by atoms with Crippen molar-refractivity contribution >= 4 is 6.09 Å². The highest BCUT2D eigenvalue weighted by Gasteiger charge is 2.18. The summed E-state index contributed by atoms with van der Waals surface area (Å²) in [6, 6.07) is 20.8. The van der Waals surface area contributed by atoms with E-state index in [1.54, 1.807) is 6.07 Å². The molecule has 124 valence electrons. The summed E-state index contributed by atoms with van der Waals surface area (Å²) in [5.41, 5.74) is 1.96. The van der Waals surface area contributed by atoms with Gasteiger partial charge in [-0.05, 0) is 17.5 Å². The largest absolute Gasteiger partial charge is 0.445 e. The van der Waals surface area contributed by atoms with Crippen LogP contribution in [0, 0.1) is 11.3 Å². The normalized spacial score (nSPS) is 11.3. The first-order valence-corrected chi connectivity index (χ1v) is 7.76. The van der Waals surface area contributed by atoms with Crippen molar-refractivity contribution in [1.82, 2.24) is 4.90 Å². The Labute approximate surface area is 141 Å². The minimum absolute atomic E-state index is 0.0725. The van der Waals surface area contributed by atoms with Gasteiger partial charge in [0.2, 0.25) is 0 Å². The van der Waals surface area contributed by atoms with Crippen LogP contribution in [0.5, 0.6) is 0 Å². The Morgan fingerprint density at radius 2 is 1.67 bits per heavy atom. The van der Waals surface area contributed by atoms with Gasteiger partial charge in [-0.2, -0.15) is 5.26 Å². The lowest BCUT2D eigenvalue weighted by molar-refractivity contribution is 0.0806. The number of hydrogen-bond acceptors (Lipinski definition) is 4. The topological polar surface area (TPSA) is 73.6 Å². The van der Waals surface area contributed by atoms with Crippen molar-refractivity contribution in [3.05, 3.63) is 71.8 Å². The Morgan fingerprint density at radius 1 is 1.08 bits per heavy atom. The molecular formula is C19H20N2O3. The van der Waals surface area contributed by atoms with Crippen molar-refractivity contribution in [1.29, 1.82) is 5.26 Å². The van der Waals surface area contributed by atoms with Crippen LogP contribution in [0.15, 0.2) is 60.7 Å². The van der Waals surface area contributed by atoms with Gasteiger partial charge in [-0.25, -0.2) is 4.79 Å². The summed E-state index contributed by atoms with van der Waals surface area (Å²) in [5.74, 6) is 0. The molecule has 0 radical (unpaired) electrons. The van der Waals surface area contributed by atoms with Gasteiger partial charge in [0.1, 0.15) is 6.61 Å². The number of carbonyl (C=O) groups excluding carboxylic acids is 1. The molecule has 0 heterocycles. The van der Waals surface area contributed by atoms with E-state index in [0.29, 0.717) is 13.0 Å². The molecule has 2 rings (SSSR count). The van der Waals surface area contributed by atoms with Crippen molar-refractivity contribution in [3.8, 4) is 6.07 Å². The molecule has 0 aliphatic heterocycles. The standard InChI is InChI=1S/C19H20N2O3/c20-13-18(22)14-21(12-11-16-7-3-1-4-8-16)19(23)24-15-17-9-5-2-6-10-17/h1-10,18,22H,11-12,14-15H2/t18-/m1/s1. The summed E-state index contributed by atoms with van der Waals surface area (Å²) >= 11 is 0. The van der Waals surface area contributed by atoms with E-state index in [1.807, 2.05) is 60.7 Å².